The fraction of sp³-hybridized carbons (Fsp3) is 0.833. The van der Waals surface area contributed by atoms with Crippen molar-refractivity contribution in [3.63, 3.8) is 0 Å². The van der Waals surface area contributed by atoms with Crippen molar-refractivity contribution in [2.45, 2.75) is 58.5 Å². The Bertz CT molecular complexity index is 296. The van der Waals surface area contributed by atoms with Crippen molar-refractivity contribution in [3.8, 4) is 0 Å². The molecular weight excluding hydrogens is 202 g/mol. The third kappa shape index (κ3) is 3.93. The molecule has 0 amide bonds. The first-order valence-electron chi connectivity index (χ1n) is 6.27. The first-order chi connectivity index (χ1) is 7.79. The Morgan fingerprint density at radius 2 is 1.62 bits per heavy atom. The Labute approximate surface area is 97.7 Å². The highest BCUT2D eigenvalue weighted by atomic mass is 16.3. The molecule has 1 aromatic heterocycles. The number of hydrogen-bond donors (Lipinski definition) is 1. The maximum absolute atomic E-state index is 8.98. The number of nitrogens with zero attached hydrogens (tertiary/aromatic N) is 3. The lowest BCUT2D eigenvalue weighted by Gasteiger charge is -2.02. The van der Waals surface area contributed by atoms with Gasteiger partial charge < -0.3 is 9.67 Å². The summed E-state index contributed by atoms with van der Waals surface area (Å²) < 4.78 is 1.89. The first kappa shape index (κ1) is 13.2. The Morgan fingerprint density at radius 3 is 2.25 bits per heavy atom. The van der Waals surface area contributed by atoms with Crippen LogP contribution in [0.5, 0.6) is 0 Å². The molecule has 1 rings (SSSR count). The van der Waals surface area contributed by atoms with Crippen LogP contribution in [0, 0.1) is 0 Å². The molecule has 92 valence electrons. The minimum Gasteiger partial charge on any atom is -0.388 e. The summed E-state index contributed by atoms with van der Waals surface area (Å²) in [6.07, 6.45) is 8.70. The van der Waals surface area contributed by atoms with E-state index in [0.717, 1.165) is 12.2 Å². The maximum Gasteiger partial charge on any atom is 0.158 e. The van der Waals surface area contributed by atoms with Crippen molar-refractivity contribution in [3.05, 3.63) is 11.6 Å². The van der Waals surface area contributed by atoms with Gasteiger partial charge in [0.05, 0.1) is 0 Å². The van der Waals surface area contributed by atoms with E-state index in [-0.39, 0.29) is 6.61 Å². The Hall–Kier alpha value is -0.900. The summed E-state index contributed by atoms with van der Waals surface area (Å²) in [5.74, 6) is 1.64. The fourth-order valence-corrected chi connectivity index (χ4v) is 1.82. The van der Waals surface area contributed by atoms with Crippen molar-refractivity contribution in [2.24, 2.45) is 7.05 Å². The van der Waals surface area contributed by atoms with Crippen LogP contribution in [0.15, 0.2) is 0 Å². The zero-order chi connectivity index (χ0) is 11.8. The van der Waals surface area contributed by atoms with Crippen molar-refractivity contribution in [1.82, 2.24) is 14.8 Å². The summed E-state index contributed by atoms with van der Waals surface area (Å²) in [7, 11) is 1.91. The van der Waals surface area contributed by atoms with Crippen LogP contribution in [0.2, 0.25) is 0 Å². The Kier molecular flexibility index (Phi) is 6.08. The largest absolute Gasteiger partial charge is 0.388 e. The second kappa shape index (κ2) is 7.39. The molecule has 4 nitrogen and oxygen atoms in total. The topological polar surface area (TPSA) is 50.9 Å². The van der Waals surface area contributed by atoms with Crippen LogP contribution in [0.4, 0.5) is 0 Å². The van der Waals surface area contributed by atoms with Gasteiger partial charge in [0.25, 0.3) is 0 Å². The highest BCUT2D eigenvalue weighted by Gasteiger charge is 2.06. The van der Waals surface area contributed by atoms with E-state index in [2.05, 4.69) is 17.1 Å². The van der Waals surface area contributed by atoms with Crippen molar-refractivity contribution < 1.29 is 5.11 Å². The average molecular weight is 225 g/mol. The summed E-state index contributed by atoms with van der Waals surface area (Å²) in [4.78, 5) is 0. The molecule has 0 radical (unpaired) electrons. The summed E-state index contributed by atoms with van der Waals surface area (Å²) in [5, 5.41) is 17.0. The van der Waals surface area contributed by atoms with Gasteiger partial charge in [-0.1, -0.05) is 39.0 Å². The summed E-state index contributed by atoms with van der Waals surface area (Å²) in [6, 6.07) is 0. The van der Waals surface area contributed by atoms with E-state index in [1.54, 1.807) is 0 Å². The SMILES string of the molecule is CCCCCCCCc1nnc(CO)n1C. The molecule has 0 saturated carbocycles. The average Bonchev–Trinajstić information content (AvgIpc) is 2.65. The molecule has 0 aliphatic carbocycles. The van der Waals surface area contributed by atoms with Gasteiger partial charge in [-0.05, 0) is 6.42 Å². The van der Waals surface area contributed by atoms with Gasteiger partial charge >= 0.3 is 0 Å². The minimum absolute atomic E-state index is 0.0278. The van der Waals surface area contributed by atoms with Crippen LogP contribution >= 0.6 is 0 Å². The molecule has 1 aromatic rings. The highest BCUT2D eigenvalue weighted by molar-refractivity contribution is 4.93. The third-order valence-electron chi connectivity index (χ3n) is 2.95. The summed E-state index contributed by atoms with van der Waals surface area (Å²) in [6.45, 7) is 2.20. The predicted octanol–water partition coefficient (Wildman–Crippen LogP) is 2.21. The number of aliphatic hydroxyl groups is 1. The van der Waals surface area contributed by atoms with Gasteiger partial charge in [0, 0.05) is 13.5 Å². The molecule has 0 unspecified atom stereocenters. The third-order valence-corrected chi connectivity index (χ3v) is 2.95. The highest BCUT2D eigenvalue weighted by Crippen LogP contribution is 2.09. The number of aliphatic hydroxyl groups excluding tert-OH is 1. The number of hydrogen-bond acceptors (Lipinski definition) is 3. The quantitative estimate of drug-likeness (QED) is 0.690. The van der Waals surface area contributed by atoms with E-state index >= 15 is 0 Å². The first-order valence-corrected chi connectivity index (χ1v) is 6.27. The number of unbranched alkanes of at least 4 members (excludes halogenated alkanes) is 5. The summed E-state index contributed by atoms with van der Waals surface area (Å²) in [5.41, 5.74) is 0. The maximum atomic E-state index is 8.98. The van der Waals surface area contributed by atoms with E-state index in [9.17, 15) is 0 Å². The van der Waals surface area contributed by atoms with E-state index < -0.39 is 0 Å². The van der Waals surface area contributed by atoms with Gasteiger partial charge in [0.2, 0.25) is 0 Å². The summed E-state index contributed by atoms with van der Waals surface area (Å²) >= 11 is 0. The number of rotatable bonds is 8. The van der Waals surface area contributed by atoms with E-state index in [1.807, 2.05) is 11.6 Å². The van der Waals surface area contributed by atoms with Crippen molar-refractivity contribution in [2.75, 3.05) is 0 Å². The second-order valence-electron chi connectivity index (χ2n) is 4.27. The zero-order valence-electron chi connectivity index (χ0n) is 10.4. The molecule has 0 saturated heterocycles. The molecule has 0 atom stereocenters. The Morgan fingerprint density at radius 1 is 1.00 bits per heavy atom. The van der Waals surface area contributed by atoms with Crippen LogP contribution in [-0.2, 0) is 20.1 Å². The minimum atomic E-state index is -0.0278. The van der Waals surface area contributed by atoms with Crippen molar-refractivity contribution >= 4 is 0 Å². The lowest BCUT2D eigenvalue weighted by Crippen LogP contribution is -2.02. The molecule has 0 bridgehead atoms. The van der Waals surface area contributed by atoms with E-state index in [0.29, 0.717) is 5.82 Å². The monoisotopic (exact) mass is 225 g/mol. The predicted molar refractivity (Wildman–Crippen MR) is 64.0 cm³/mol. The molecule has 0 aliphatic heterocycles. The van der Waals surface area contributed by atoms with E-state index in [4.69, 9.17) is 5.11 Å². The zero-order valence-corrected chi connectivity index (χ0v) is 10.4. The normalized spacial score (nSPS) is 10.9. The smallest absolute Gasteiger partial charge is 0.158 e. The van der Waals surface area contributed by atoms with Gasteiger partial charge in [0.1, 0.15) is 12.4 Å². The van der Waals surface area contributed by atoms with Gasteiger partial charge in [-0.25, -0.2) is 0 Å². The molecule has 16 heavy (non-hydrogen) atoms. The van der Waals surface area contributed by atoms with Crippen molar-refractivity contribution in [1.29, 1.82) is 0 Å². The molecule has 0 spiro atoms. The van der Waals surface area contributed by atoms with Gasteiger partial charge in [-0.3, -0.25) is 0 Å². The van der Waals surface area contributed by atoms with Crippen LogP contribution < -0.4 is 0 Å². The Balaban J connectivity index is 2.19. The van der Waals surface area contributed by atoms with Crippen LogP contribution in [0.3, 0.4) is 0 Å². The lowest BCUT2D eigenvalue weighted by atomic mass is 10.1. The molecule has 0 aromatic carbocycles. The lowest BCUT2D eigenvalue weighted by molar-refractivity contribution is 0.266. The standard InChI is InChI=1S/C12H23N3O/c1-3-4-5-6-7-8-9-11-13-14-12(10-16)15(11)2/h16H,3-10H2,1-2H3. The van der Waals surface area contributed by atoms with Gasteiger partial charge in [0.15, 0.2) is 5.82 Å². The molecule has 0 aliphatic rings. The van der Waals surface area contributed by atoms with Crippen LogP contribution in [0.25, 0.3) is 0 Å². The van der Waals surface area contributed by atoms with Gasteiger partial charge in [-0.15, -0.1) is 10.2 Å². The molecule has 1 heterocycles. The molecule has 1 N–H and O–H groups in total. The molecular formula is C12H23N3O. The molecule has 4 heteroatoms. The molecule has 0 fully saturated rings. The number of aryl methyl sites for hydroxylation is 1. The van der Waals surface area contributed by atoms with Crippen LogP contribution in [0.1, 0.15) is 57.1 Å². The second-order valence-corrected chi connectivity index (χ2v) is 4.27. The van der Waals surface area contributed by atoms with E-state index in [1.165, 1.54) is 38.5 Å². The number of aromatic nitrogens is 3. The van der Waals surface area contributed by atoms with Crippen LogP contribution in [-0.4, -0.2) is 19.9 Å². The fourth-order valence-electron chi connectivity index (χ4n) is 1.82. The van der Waals surface area contributed by atoms with Gasteiger partial charge in [-0.2, -0.15) is 0 Å².